The van der Waals surface area contributed by atoms with Crippen LogP contribution in [0.4, 0.5) is 5.69 Å². The molecule has 0 radical (unpaired) electrons. The van der Waals surface area contributed by atoms with Crippen LogP contribution in [0.3, 0.4) is 0 Å². The molecule has 0 bridgehead atoms. The molecule has 2 unspecified atom stereocenters. The quantitative estimate of drug-likeness (QED) is 0.557. The summed E-state index contributed by atoms with van der Waals surface area (Å²) in [7, 11) is 3.56. The van der Waals surface area contributed by atoms with Crippen LogP contribution < -0.4 is 20.3 Å². The Hall–Kier alpha value is -2.76. The SMILES string of the molecule is CN=C(NCC(c1cccnc1)C(C)C)NC1CCN(c2ccccc2OC)C1. The zero-order valence-electron chi connectivity index (χ0n) is 17.9. The summed E-state index contributed by atoms with van der Waals surface area (Å²) >= 11 is 0. The smallest absolute Gasteiger partial charge is 0.191 e. The average Bonchev–Trinajstić information content (AvgIpc) is 3.22. The first kappa shape index (κ1) is 21.0. The third-order valence-corrected chi connectivity index (χ3v) is 5.59. The van der Waals surface area contributed by atoms with Crippen molar-refractivity contribution in [1.29, 1.82) is 0 Å². The highest BCUT2D eigenvalue weighted by Gasteiger charge is 2.25. The molecule has 0 saturated carbocycles. The zero-order chi connectivity index (χ0) is 20.6. The molecule has 2 atom stereocenters. The zero-order valence-corrected chi connectivity index (χ0v) is 17.9. The molecule has 156 valence electrons. The van der Waals surface area contributed by atoms with Crippen LogP contribution in [0.5, 0.6) is 5.75 Å². The monoisotopic (exact) mass is 395 g/mol. The first-order valence-electron chi connectivity index (χ1n) is 10.4. The first-order chi connectivity index (χ1) is 14.1. The van der Waals surface area contributed by atoms with Crippen molar-refractivity contribution in [3.05, 3.63) is 54.4 Å². The van der Waals surface area contributed by atoms with Gasteiger partial charge in [0, 0.05) is 51.0 Å². The van der Waals surface area contributed by atoms with Crippen LogP contribution in [0.1, 0.15) is 31.7 Å². The number of aliphatic imine (C=N–C) groups is 1. The summed E-state index contributed by atoms with van der Waals surface area (Å²) in [6.07, 6.45) is 4.85. The van der Waals surface area contributed by atoms with Gasteiger partial charge in [0.25, 0.3) is 0 Å². The lowest BCUT2D eigenvalue weighted by Gasteiger charge is -2.24. The van der Waals surface area contributed by atoms with Gasteiger partial charge in [0.15, 0.2) is 5.96 Å². The standard InChI is InChI=1S/C23H33N5O/c1-17(2)20(18-8-7-12-25-14-18)15-26-23(24-3)27-19-11-13-28(16-19)21-9-5-6-10-22(21)29-4/h5-10,12,14,17,19-20H,11,13,15-16H2,1-4H3,(H2,24,26,27). The van der Waals surface area contributed by atoms with E-state index in [1.54, 1.807) is 7.11 Å². The molecule has 3 rings (SSSR count). The minimum Gasteiger partial charge on any atom is -0.495 e. The molecular formula is C23H33N5O. The van der Waals surface area contributed by atoms with E-state index in [4.69, 9.17) is 4.74 Å². The molecule has 1 aromatic heterocycles. The summed E-state index contributed by atoms with van der Waals surface area (Å²) in [6, 6.07) is 12.7. The maximum absolute atomic E-state index is 5.52. The van der Waals surface area contributed by atoms with Crippen molar-refractivity contribution in [2.75, 3.05) is 38.7 Å². The van der Waals surface area contributed by atoms with Gasteiger partial charge in [-0.2, -0.15) is 0 Å². The van der Waals surface area contributed by atoms with Gasteiger partial charge in [0.2, 0.25) is 0 Å². The van der Waals surface area contributed by atoms with E-state index in [0.717, 1.165) is 43.5 Å². The Morgan fingerprint density at radius 1 is 1.28 bits per heavy atom. The molecule has 1 aliphatic rings. The van der Waals surface area contributed by atoms with E-state index in [1.807, 2.05) is 37.6 Å². The van der Waals surface area contributed by atoms with Gasteiger partial charge in [-0.25, -0.2) is 0 Å². The number of nitrogens with zero attached hydrogens (tertiary/aromatic N) is 3. The number of para-hydroxylation sites is 2. The van der Waals surface area contributed by atoms with Gasteiger partial charge in [-0.15, -0.1) is 0 Å². The minimum atomic E-state index is 0.349. The molecule has 0 aliphatic carbocycles. The Morgan fingerprint density at radius 3 is 2.79 bits per heavy atom. The Bertz CT molecular complexity index is 793. The molecule has 29 heavy (non-hydrogen) atoms. The largest absolute Gasteiger partial charge is 0.495 e. The van der Waals surface area contributed by atoms with Gasteiger partial charge in [0.1, 0.15) is 5.75 Å². The first-order valence-corrected chi connectivity index (χ1v) is 10.4. The summed E-state index contributed by atoms with van der Waals surface area (Å²) in [5.41, 5.74) is 2.41. The van der Waals surface area contributed by atoms with E-state index in [0.29, 0.717) is 17.9 Å². The maximum Gasteiger partial charge on any atom is 0.191 e. The number of rotatable bonds is 7. The molecule has 1 fully saturated rings. The summed E-state index contributed by atoms with van der Waals surface area (Å²) < 4.78 is 5.52. The average molecular weight is 396 g/mol. The van der Waals surface area contributed by atoms with Crippen molar-refractivity contribution in [3.8, 4) is 5.75 Å². The van der Waals surface area contributed by atoms with E-state index in [-0.39, 0.29) is 0 Å². The van der Waals surface area contributed by atoms with Crippen LogP contribution in [0.25, 0.3) is 0 Å². The van der Waals surface area contributed by atoms with Crippen LogP contribution in [0.15, 0.2) is 53.8 Å². The molecule has 6 nitrogen and oxygen atoms in total. The second-order valence-electron chi connectivity index (χ2n) is 7.84. The second-order valence-corrected chi connectivity index (χ2v) is 7.84. The molecule has 0 amide bonds. The van der Waals surface area contributed by atoms with Crippen LogP contribution in [0, 0.1) is 5.92 Å². The van der Waals surface area contributed by atoms with E-state index >= 15 is 0 Å². The Kier molecular flexibility index (Phi) is 7.33. The summed E-state index contributed by atoms with van der Waals surface area (Å²) in [4.78, 5) is 11.1. The number of pyridine rings is 1. The number of anilines is 1. The number of ether oxygens (including phenoxy) is 1. The fraction of sp³-hybridized carbons (Fsp3) is 0.478. The molecule has 0 spiro atoms. The van der Waals surface area contributed by atoms with Crippen LogP contribution in [0.2, 0.25) is 0 Å². The highest BCUT2D eigenvalue weighted by atomic mass is 16.5. The van der Waals surface area contributed by atoms with Gasteiger partial charge in [0.05, 0.1) is 12.8 Å². The van der Waals surface area contributed by atoms with Crippen LogP contribution in [-0.4, -0.2) is 50.8 Å². The normalized spacial score (nSPS) is 18.0. The van der Waals surface area contributed by atoms with Crippen molar-refractivity contribution in [1.82, 2.24) is 15.6 Å². The molecule has 6 heteroatoms. The molecule has 2 N–H and O–H groups in total. The van der Waals surface area contributed by atoms with Gasteiger partial charge in [-0.3, -0.25) is 9.98 Å². The number of hydrogen-bond acceptors (Lipinski definition) is 4. The fourth-order valence-corrected chi connectivity index (χ4v) is 3.92. The summed E-state index contributed by atoms with van der Waals surface area (Å²) in [5.74, 6) is 2.67. The van der Waals surface area contributed by atoms with Crippen LogP contribution >= 0.6 is 0 Å². The third-order valence-electron chi connectivity index (χ3n) is 5.59. The topological polar surface area (TPSA) is 61.8 Å². The molecule has 1 saturated heterocycles. The number of methoxy groups -OCH3 is 1. The van der Waals surface area contributed by atoms with Crippen molar-refractivity contribution >= 4 is 11.6 Å². The van der Waals surface area contributed by atoms with Crippen molar-refractivity contribution in [3.63, 3.8) is 0 Å². The van der Waals surface area contributed by atoms with E-state index in [2.05, 4.69) is 57.6 Å². The van der Waals surface area contributed by atoms with E-state index < -0.39 is 0 Å². The lowest BCUT2D eigenvalue weighted by atomic mass is 9.89. The number of hydrogen-bond donors (Lipinski definition) is 2. The van der Waals surface area contributed by atoms with E-state index in [1.165, 1.54) is 5.56 Å². The van der Waals surface area contributed by atoms with Crippen molar-refractivity contribution < 1.29 is 4.74 Å². The molecule has 2 heterocycles. The van der Waals surface area contributed by atoms with Crippen molar-refractivity contribution in [2.24, 2.45) is 10.9 Å². The molecular weight excluding hydrogens is 362 g/mol. The van der Waals surface area contributed by atoms with Gasteiger partial charge < -0.3 is 20.3 Å². The Balaban J connectivity index is 1.56. The molecule has 2 aromatic rings. The fourth-order valence-electron chi connectivity index (χ4n) is 3.92. The number of guanidine groups is 1. The maximum atomic E-state index is 5.52. The Morgan fingerprint density at radius 2 is 2.10 bits per heavy atom. The highest BCUT2D eigenvalue weighted by molar-refractivity contribution is 5.80. The van der Waals surface area contributed by atoms with Gasteiger partial charge >= 0.3 is 0 Å². The molecule has 1 aromatic carbocycles. The van der Waals surface area contributed by atoms with Gasteiger partial charge in [-0.1, -0.05) is 32.0 Å². The number of aromatic nitrogens is 1. The lowest BCUT2D eigenvalue weighted by Crippen LogP contribution is -2.46. The highest BCUT2D eigenvalue weighted by Crippen LogP contribution is 2.30. The van der Waals surface area contributed by atoms with E-state index in [9.17, 15) is 0 Å². The lowest BCUT2D eigenvalue weighted by molar-refractivity contribution is 0.415. The Labute approximate surface area is 174 Å². The predicted molar refractivity (Wildman–Crippen MR) is 120 cm³/mol. The molecule has 1 aliphatic heterocycles. The predicted octanol–water partition coefficient (Wildman–Crippen LogP) is 3.27. The summed E-state index contributed by atoms with van der Waals surface area (Å²) in [5, 5.41) is 7.11. The number of nitrogens with one attached hydrogen (secondary N) is 2. The van der Waals surface area contributed by atoms with Crippen LogP contribution in [-0.2, 0) is 0 Å². The number of benzene rings is 1. The minimum absolute atomic E-state index is 0.349. The van der Waals surface area contributed by atoms with Crippen molar-refractivity contribution in [2.45, 2.75) is 32.2 Å². The summed E-state index contributed by atoms with van der Waals surface area (Å²) in [6.45, 7) is 7.25. The third kappa shape index (κ3) is 5.40. The van der Waals surface area contributed by atoms with Gasteiger partial charge in [-0.05, 0) is 36.1 Å². The second kappa shape index (κ2) is 10.1.